The van der Waals surface area contributed by atoms with Crippen LogP contribution < -0.4 is 9.80 Å². The van der Waals surface area contributed by atoms with Crippen molar-refractivity contribution in [3.63, 3.8) is 0 Å². The number of aromatic nitrogens is 5. The van der Waals surface area contributed by atoms with Crippen LogP contribution in [-0.4, -0.2) is 49.7 Å². The van der Waals surface area contributed by atoms with Gasteiger partial charge in [0.05, 0.1) is 12.7 Å². The molecule has 4 aliphatic rings. The second kappa shape index (κ2) is 5.30. The Kier molecular flexibility index (Phi) is 3.11. The third-order valence-electron chi connectivity index (χ3n) is 6.70. The van der Waals surface area contributed by atoms with Crippen molar-refractivity contribution in [1.29, 1.82) is 0 Å². The van der Waals surface area contributed by atoms with E-state index in [1.165, 1.54) is 18.7 Å². The summed E-state index contributed by atoms with van der Waals surface area (Å²) in [7, 11) is 0. The summed E-state index contributed by atoms with van der Waals surface area (Å²) in [6.45, 7) is 10.5. The fourth-order valence-electron chi connectivity index (χ4n) is 5.17. The minimum atomic E-state index is -0.105. The van der Waals surface area contributed by atoms with Gasteiger partial charge in [0.25, 0.3) is 0 Å². The van der Waals surface area contributed by atoms with Crippen molar-refractivity contribution >= 4 is 17.6 Å². The summed E-state index contributed by atoms with van der Waals surface area (Å²) in [5, 5.41) is 8.99. The molecule has 6 rings (SSSR count). The van der Waals surface area contributed by atoms with Crippen molar-refractivity contribution in [2.45, 2.75) is 58.5 Å². The number of hydrogen-bond acceptors (Lipinski definition) is 7. The maximum absolute atomic E-state index is 5.13. The molecule has 0 radical (unpaired) electrons. The first-order valence-corrected chi connectivity index (χ1v) is 10.4. The Hall–Kier alpha value is -2.51. The molecule has 28 heavy (non-hydrogen) atoms. The normalized spacial score (nSPS) is 28.0. The zero-order valence-corrected chi connectivity index (χ0v) is 16.9. The van der Waals surface area contributed by atoms with Crippen LogP contribution in [0.4, 0.5) is 11.8 Å². The minimum Gasteiger partial charge on any atom is -0.339 e. The predicted molar refractivity (Wildman–Crippen MR) is 107 cm³/mol. The number of nitrogens with zero attached hydrogens (tertiary/aromatic N) is 8. The van der Waals surface area contributed by atoms with Crippen molar-refractivity contribution in [3.8, 4) is 5.69 Å². The van der Waals surface area contributed by atoms with E-state index in [1.54, 1.807) is 0 Å². The molecule has 146 valence electrons. The van der Waals surface area contributed by atoms with Crippen LogP contribution in [0.15, 0.2) is 11.2 Å². The van der Waals surface area contributed by atoms with Gasteiger partial charge < -0.3 is 4.90 Å². The largest absolute Gasteiger partial charge is 0.339 e. The molecule has 0 N–H and O–H groups in total. The van der Waals surface area contributed by atoms with E-state index in [-0.39, 0.29) is 5.54 Å². The van der Waals surface area contributed by atoms with Crippen LogP contribution in [0.2, 0.25) is 0 Å². The quantitative estimate of drug-likeness (QED) is 0.817. The molecule has 0 amide bonds. The second-order valence-corrected chi connectivity index (χ2v) is 8.94. The van der Waals surface area contributed by atoms with Gasteiger partial charge in [-0.25, -0.2) is 4.98 Å². The summed E-state index contributed by atoms with van der Waals surface area (Å²) in [5.74, 6) is 6.03. The van der Waals surface area contributed by atoms with E-state index in [0.717, 1.165) is 48.6 Å². The number of amidine groups is 1. The monoisotopic (exact) mass is 378 g/mol. The van der Waals surface area contributed by atoms with Gasteiger partial charge in [-0.1, -0.05) is 6.92 Å². The zero-order valence-electron chi connectivity index (χ0n) is 16.9. The van der Waals surface area contributed by atoms with E-state index in [2.05, 4.69) is 45.3 Å². The Bertz CT molecular complexity index is 1000. The van der Waals surface area contributed by atoms with Gasteiger partial charge in [0.2, 0.25) is 5.95 Å². The number of rotatable bonds is 3. The molecule has 8 heteroatoms. The fourth-order valence-corrected chi connectivity index (χ4v) is 5.17. The molecule has 2 aromatic rings. The number of aliphatic imine (C=N–C) groups is 1. The van der Waals surface area contributed by atoms with Gasteiger partial charge >= 0.3 is 0 Å². The van der Waals surface area contributed by atoms with Crippen LogP contribution in [0.25, 0.3) is 5.69 Å². The Balaban J connectivity index is 1.53. The smallest absolute Gasteiger partial charge is 0.232 e. The fraction of sp³-hybridized carbons (Fsp3) is 0.650. The van der Waals surface area contributed by atoms with Gasteiger partial charge in [-0.2, -0.15) is 4.98 Å². The summed E-state index contributed by atoms with van der Waals surface area (Å²) in [5.41, 5.74) is 0.885. The van der Waals surface area contributed by atoms with Gasteiger partial charge in [-0.3, -0.25) is 14.5 Å². The van der Waals surface area contributed by atoms with Crippen molar-refractivity contribution in [3.05, 3.63) is 17.8 Å². The maximum Gasteiger partial charge on any atom is 0.232 e. The van der Waals surface area contributed by atoms with Gasteiger partial charge in [-0.05, 0) is 46.0 Å². The van der Waals surface area contributed by atoms with Crippen LogP contribution in [0.3, 0.4) is 0 Å². The lowest BCUT2D eigenvalue weighted by Gasteiger charge is -2.41. The van der Waals surface area contributed by atoms with Crippen LogP contribution in [-0.2, 0) is 5.54 Å². The van der Waals surface area contributed by atoms with E-state index >= 15 is 0 Å². The molecular weight excluding hydrogens is 352 g/mol. The van der Waals surface area contributed by atoms with Crippen LogP contribution in [0, 0.1) is 18.8 Å². The number of anilines is 2. The molecule has 2 aromatic heterocycles. The molecule has 2 saturated carbocycles. The Morgan fingerprint density at radius 2 is 2.00 bits per heavy atom. The zero-order chi connectivity index (χ0) is 19.2. The average molecular weight is 378 g/mol. The minimum absolute atomic E-state index is 0.105. The Morgan fingerprint density at radius 3 is 2.68 bits per heavy atom. The van der Waals surface area contributed by atoms with Gasteiger partial charge in [-0.15, -0.1) is 10.2 Å². The van der Waals surface area contributed by atoms with E-state index in [9.17, 15) is 0 Å². The van der Waals surface area contributed by atoms with Crippen LogP contribution in [0.1, 0.15) is 51.7 Å². The maximum atomic E-state index is 5.13. The van der Waals surface area contributed by atoms with Gasteiger partial charge in [0, 0.05) is 18.5 Å². The standard InChI is InChI=1S/C20H26N8/c1-11(2)28-17-15(27-13(4)24-25-18(27)20(28)9-12(20)3)10-22-19(23-17)26-8-7-21-16(26)14-5-6-14/h10-12,14H,5-9H2,1-4H3/t12-,20-/m0/s1. The molecular formula is C20H26N8. The molecule has 2 atom stereocenters. The first-order chi connectivity index (χ1) is 13.5. The summed E-state index contributed by atoms with van der Waals surface area (Å²) in [6.07, 6.45) is 5.51. The lowest BCUT2D eigenvalue weighted by molar-refractivity contribution is 0.466. The molecule has 2 aliphatic heterocycles. The molecule has 0 unspecified atom stereocenters. The Morgan fingerprint density at radius 1 is 1.21 bits per heavy atom. The van der Waals surface area contributed by atoms with E-state index in [4.69, 9.17) is 15.0 Å². The van der Waals surface area contributed by atoms with Crippen molar-refractivity contribution in [2.75, 3.05) is 22.9 Å². The third kappa shape index (κ3) is 1.98. The van der Waals surface area contributed by atoms with E-state index in [0.29, 0.717) is 17.9 Å². The summed E-state index contributed by atoms with van der Waals surface area (Å²) < 4.78 is 2.17. The van der Waals surface area contributed by atoms with Crippen molar-refractivity contribution in [1.82, 2.24) is 24.7 Å². The van der Waals surface area contributed by atoms with E-state index < -0.39 is 0 Å². The highest BCUT2D eigenvalue weighted by Crippen LogP contribution is 2.60. The molecule has 2 aliphatic carbocycles. The summed E-state index contributed by atoms with van der Waals surface area (Å²) in [6, 6.07) is 0.312. The first-order valence-electron chi connectivity index (χ1n) is 10.4. The second-order valence-electron chi connectivity index (χ2n) is 8.94. The number of fused-ring (bicyclic) bond motifs is 4. The van der Waals surface area contributed by atoms with E-state index in [1.807, 2.05) is 13.1 Å². The van der Waals surface area contributed by atoms with Gasteiger partial charge in [0.1, 0.15) is 22.9 Å². The SMILES string of the molecule is Cc1nnc2n1-c1cnc(N3CCN=C3C3CC3)nc1N(C(C)C)[C@]21C[C@@H]1C. The highest BCUT2D eigenvalue weighted by molar-refractivity contribution is 6.01. The van der Waals surface area contributed by atoms with Crippen molar-refractivity contribution < 1.29 is 0 Å². The van der Waals surface area contributed by atoms with Crippen LogP contribution >= 0.6 is 0 Å². The van der Waals surface area contributed by atoms with Gasteiger partial charge in [0.15, 0.2) is 11.6 Å². The summed E-state index contributed by atoms with van der Waals surface area (Å²) >= 11 is 0. The first kappa shape index (κ1) is 16.4. The van der Waals surface area contributed by atoms with Crippen molar-refractivity contribution in [2.24, 2.45) is 16.8 Å². The summed E-state index contributed by atoms with van der Waals surface area (Å²) in [4.78, 5) is 19.3. The highest BCUT2D eigenvalue weighted by Gasteiger charge is 2.63. The molecule has 4 heterocycles. The predicted octanol–water partition coefficient (Wildman–Crippen LogP) is 2.46. The number of hydrogen-bond donors (Lipinski definition) is 0. The highest BCUT2D eigenvalue weighted by atomic mass is 15.4. The molecule has 8 nitrogen and oxygen atoms in total. The molecule has 1 spiro atoms. The number of aryl methyl sites for hydroxylation is 1. The van der Waals surface area contributed by atoms with Crippen LogP contribution in [0.5, 0.6) is 0 Å². The molecule has 0 bridgehead atoms. The topological polar surface area (TPSA) is 75.3 Å². The Labute approximate surface area is 164 Å². The molecule has 2 fully saturated rings. The average Bonchev–Trinajstić information content (AvgIpc) is 3.51. The molecule has 0 saturated heterocycles. The lowest BCUT2D eigenvalue weighted by Crippen LogP contribution is -2.47. The molecule has 0 aromatic carbocycles. The lowest BCUT2D eigenvalue weighted by atomic mass is 10.0. The third-order valence-corrected chi connectivity index (χ3v) is 6.70.